The number of halogens is 1. The van der Waals surface area contributed by atoms with Crippen LogP contribution in [0, 0.1) is 11.2 Å². The number of sulfone groups is 1. The Morgan fingerprint density at radius 3 is 2.45 bits per heavy atom. The van der Waals surface area contributed by atoms with Crippen molar-refractivity contribution in [3.05, 3.63) is 59.4 Å². The van der Waals surface area contributed by atoms with Gasteiger partial charge in [-0.2, -0.15) is 0 Å². The molecule has 3 nitrogen and oxygen atoms in total. The molecule has 0 aliphatic carbocycles. The topological polar surface area (TPSA) is 54.4 Å². The van der Waals surface area contributed by atoms with Gasteiger partial charge in [0.1, 0.15) is 5.82 Å². The molecular formula is C23H29FO3S2. The van der Waals surface area contributed by atoms with E-state index in [4.69, 9.17) is 0 Å². The fourth-order valence-corrected chi connectivity index (χ4v) is 7.21. The molecule has 6 heteroatoms. The quantitative estimate of drug-likeness (QED) is 0.615. The van der Waals surface area contributed by atoms with Crippen molar-refractivity contribution < 1.29 is 17.9 Å². The molecule has 0 aromatic heterocycles. The molecule has 3 rings (SSSR count). The standard InChI is InChI=1S/C23H29FO3S2/c1-4-6-13-23(5-2)15-29(26,27)20-12-11-18(28-3)14-19(20)21(22(23)25)16-7-9-17(24)10-8-16/h7-12,14,21-22,25H,4-6,13,15H2,1-3H3/t21-,22-,23+/m0/s1. The van der Waals surface area contributed by atoms with Gasteiger partial charge in [0.15, 0.2) is 9.84 Å². The number of benzene rings is 2. The molecule has 0 radical (unpaired) electrons. The van der Waals surface area contributed by atoms with Gasteiger partial charge in [-0.25, -0.2) is 12.8 Å². The highest BCUT2D eigenvalue weighted by Crippen LogP contribution is 2.49. The summed E-state index contributed by atoms with van der Waals surface area (Å²) < 4.78 is 40.4. The van der Waals surface area contributed by atoms with Crippen LogP contribution in [-0.2, 0) is 9.84 Å². The van der Waals surface area contributed by atoms with E-state index in [-0.39, 0.29) is 16.5 Å². The fraction of sp³-hybridized carbons (Fsp3) is 0.478. The number of rotatable bonds is 6. The molecule has 0 fully saturated rings. The van der Waals surface area contributed by atoms with Crippen molar-refractivity contribution in [3.63, 3.8) is 0 Å². The Bertz CT molecular complexity index is 957. The maximum atomic E-state index is 13.6. The zero-order valence-electron chi connectivity index (χ0n) is 17.2. The van der Waals surface area contributed by atoms with Crippen LogP contribution in [0.4, 0.5) is 4.39 Å². The van der Waals surface area contributed by atoms with Gasteiger partial charge < -0.3 is 5.11 Å². The monoisotopic (exact) mass is 436 g/mol. The second-order valence-electron chi connectivity index (χ2n) is 7.96. The van der Waals surface area contributed by atoms with Crippen LogP contribution in [0.1, 0.15) is 56.6 Å². The number of unbranched alkanes of at least 4 members (excludes halogenated alkanes) is 1. The van der Waals surface area contributed by atoms with Gasteiger partial charge in [-0.1, -0.05) is 38.8 Å². The Morgan fingerprint density at radius 1 is 1.17 bits per heavy atom. The molecule has 0 unspecified atom stereocenters. The van der Waals surface area contributed by atoms with E-state index < -0.39 is 27.3 Å². The summed E-state index contributed by atoms with van der Waals surface area (Å²) >= 11 is 1.53. The first kappa shape index (κ1) is 22.3. The van der Waals surface area contributed by atoms with E-state index in [1.807, 2.05) is 25.3 Å². The minimum atomic E-state index is -3.58. The van der Waals surface area contributed by atoms with Gasteiger partial charge in [0.05, 0.1) is 16.8 Å². The van der Waals surface area contributed by atoms with E-state index in [2.05, 4.69) is 6.92 Å². The van der Waals surface area contributed by atoms with E-state index in [1.165, 1.54) is 23.9 Å². The first-order valence-electron chi connectivity index (χ1n) is 10.1. The van der Waals surface area contributed by atoms with E-state index >= 15 is 0 Å². The minimum Gasteiger partial charge on any atom is -0.392 e. The van der Waals surface area contributed by atoms with E-state index in [0.717, 1.165) is 23.3 Å². The van der Waals surface area contributed by atoms with Crippen LogP contribution >= 0.6 is 11.8 Å². The summed E-state index contributed by atoms with van der Waals surface area (Å²) in [6.07, 6.45) is 4.05. The van der Waals surface area contributed by atoms with E-state index in [9.17, 15) is 17.9 Å². The fourth-order valence-electron chi connectivity index (χ4n) is 4.51. The second-order valence-corrected chi connectivity index (χ2v) is 10.8. The predicted molar refractivity (Wildman–Crippen MR) is 117 cm³/mol. The zero-order chi connectivity index (χ0) is 21.2. The zero-order valence-corrected chi connectivity index (χ0v) is 18.8. The van der Waals surface area contributed by atoms with Crippen LogP contribution < -0.4 is 0 Å². The molecule has 158 valence electrons. The lowest BCUT2D eigenvalue weighted by Gasteiger charge is -2.39. The molecule has 1 aliphatic rings. The molecule has 1 heterocycles. The molecule has 0 saturated heterocycles. The number of aliphatic hydroxyl groups excluding tert-OH is 1. The molecule has 0 bridgehead atoms. The molecule has 1 aliphatic heterocycles. The lowest BCUT2D eigenvalue weighted by molar-refractivity contribution is 0.0173. The highest BCUT2D eigenvalue weighted by atomic mass is 32.2. The third-order valence-corrected chi connectivity index (χ3v) is 8.99. The van der Waals surface area contributed by atoms with Crippen LogP contribution in [-0.4, -0.2) is 31.6 Å². The molecular weight excluding hydrogens is 407 g/mol. The molecule has 2 aromatic carbocycles. The summed E-state index contributed by atoms with van der Waals surface area (Å²) in [5, 5.41) is 11.7. The first-order chi connectivity index (χ1) is 13.8. The molecule has 0 spiro atoms. The average Bonchev–Trinajstić information content (AvgIpc) is 2.78. The maximum absolute atomic E-state index is 13.6. The van der Waals surface area contributed by atoms with Crippen molar-refractivity contribution in [2.75, 3.05) is 12.0 Å². The van der Waals surface area contributed by atoms with Crippen LogP contribution in [0.3, 0.4) is 0 Å². The largest absolute Gasteiger partial charge is 0.392 e. The number of thioether (sulfide) groups is 1. The SMILES string of the molecule is CCCC[C@]1(CC)CS(=O)(=O)c2ccc(SC)cc2[C@H](c2ccc(F)cc2)[C@@H]1O. The van der Waals surface area contributed by atoms with Crippen LogP contribution in [0.2, 0.25) is 0 Å². The Morgan fingerprint density at radius 2 is 1.86 bits per heavy atom. The van der Waals surface area contributed by atoms with Gasteiger partial charge >= 0.3 is 0 Å². The van der Waals surface area contributed by atoms with Crippen LogP contribution in [0.25, 0.3) is 0 Å². The first-order valence-corrected chi connectivity index (χ1v) is 13.0. The summed E-state index contributed by atoms with van der Waals surface area (Å²) in [4.78, 5) is 1.23. The molecule has 2 aromatic rings. The maximum Gasteiger partial charge on any atom is 0.179 e. The van der Waals surface area contributed by atoms with E-state index in [0.29, 0.717) is 18.4 Å². The van der Waals surface area contributed by atoms with Gasteiger partial charge in [-0.3, -0.25) is 0 Å². The third kappa shape index (κ3) is 4.25. The minimum absolute atomic E-state index is 0.0685. The molecule has 1 N–H and O–H groups in total. The van der Waals surface area contributed by atoms with E-state index in [1.54, 1.807) is 18.2 Å². The third-order valence-electron chi connectivity index (χ3n) is 6.27. The Balaban J connectivity index is 2.29. The van der Waals surface area contributed by atoms with Crippen molar-refractivity contribution in [2.45, 2.75) is 61.3 Å². The normalized spacial score (nSPS) is 26.0. The Kier molecular flexibility index (Phi) is 6.76. The molecule has 3 atom stereocenters. The summed E-state index contributed by atoms with van der Waals surface area (Å²) in [5.74, 6) is -0.942. The van der Waals surface area contributed by atoms with Gasteiger partial charge in [0, 0.05) is 16.2 Å². The molecule has 29 heavy (non-hydrogen) atoms. The molecule has 0 amide bonds. The lowest BCUT2D eigenvalue weighted by Crippen LogP contribution is -2.42. The highest BCUT2D eigenvalue weighted by molar-refractivity contribution is 7.98. The Hall–Kier alpha value is -1.37. The van der Waals surface area contributed by atoms with Crippen molar-refractivity contribution in [1.82, 2.24) is 0 Å². The summed E-state index contributed by atoms with van der Waals surface area (Å²) in [5.41, 5.74) is 0.611. The number of hydrogen-bond acceptors (Lipinski definition) is 4. The van der Waals surface area contributed by atoms with Crippen molar-refractivity contribution in [1.29, 1.82) is 0 Å². The summed E-state index contributed by atoms with van der Waals surface area (Å²) in [7, 11) is -3.58. The van der Waals surface area contributed by atoms with Gasteiger partial charge in [-0.15, -0.1) is 11.8 Å². The molecule has 0 saturated carbocycles. The smallest absolute Gasteiger partial charge is 0.179 e. The lowest BCUT2D eigenvalue weighted by atomic mass is 9.69. The highest BCUT2D eigenvalue weighted by Gasteiger charge is 2.48. The predicted octanol–water partition coefficient (Wildman–Crippen LogP) is 5.41. The number of fused-ring (bicyclic) bond motifs is 1. The summed E-state index contributed by atoms with van der Waals surface area (Å²) in [6, 6.07) is 11.4. The van der Waals surface area contributed by atoms with Crippen LogP contribution in [0.15, 0.2) is 52.3 Å². The number of hydrogen-bond donors (Lipinski definition) is 1. The Labute approximate surface area is 177 Å². The van der Waals surface area contributed by atoms with Gasteiger partial charge in [0.2, 0.25) is 0 Å². The van der Waals surface area contributed by atoms with Crippen molar-refractivity contribution >= 4 is 21.6 Å². The average molecular weight is 437 g/mol. The second kappa shape index (κ2) is 8.78. The van der Waals surface area contributed by atoms with Crippen molar-refractivity contribution in [2.24, 2.45) is 5.41 Å². The summed E-state index contributed by atoms with van der Waals surface area (Å²) in [6.45, 7) is 4.03. The van der Waals surface area contributed by atoms with Crippen LogP contribution in [0.5, 0.6) is 0 Å². The van der Waals surface area contributed by atoms with Gasteiger partial charge in [0.25, 0.3) is 0 Å². The van der Waals surface area contributed by atoms with Gasteiger partial charge in [-0.05, 0) is 60.6 Å². The van der Waals surface area contributed by atoms with Crippen molar-refractivity contribution in [3.8, 4) is 0 Å². The number of aliphatic hydroxyl groups is 1.